The minimum Gasteiger partial charge on any atom is -0.448 e. The summed E-state index contributed by atoms with van der Waals surface area (Å²) in [6.45, 7) is 5.40. The Labute approximate surface area is 159 Å². The van der Waals surface area contributed by atoms with Crippen LogP contribution in [0.3, 0.4) is 0 Å². The van der Waals surface area contributed by atoms with Crippen LogP contribution in [-0.4, -0.2) is 27.4 Å². The molecule has 3 aromatic rings. The molecule has 0 bridgehead atoms. The van der Waals surface area contributed by atoms with Crippen molar-refractivity contribution >= 4 is 39.1 Å². The molecule has 0 saturated heterocycles. The van der Waals surface area contributed by atoms with Gasteiger partial charge in [0.1, 0.15) is 5.65 Å². The Hall–Kier alpha value is -2.67. The number of benzene rings is 1. The maximum atomic E-state index is 12.3. The van der Waals surface area contributed by atoms with Crippen molar-refractivity contribution in [2.75, 3.05) is 5.32 Å². The molecule has 26 heavy (non-hydrogen) atoms. The third kappa shape index (κ3) is 3.77. The highest BCUT2D eigenvalue weighted by atomic mass is 79.9. The van der Waals surface area contributed by atoms with Crippen LogP contribution in [0.5, 0.6) is 0 Å². The Balaban J connectivity index is 1.69. The normalized spacial score (nSPS) is 12.0. The van der Waals surface area contributed by atoms with Gasteiger partial charge in [0.25, 0.3) is 5.91 Å². The van der Waals surface area contributed by atoms with Crippen molar-refractivity contribution in [1.82, 2.24) is 9.38 Å². The van der Waals surface area contributed by atoms with Crippen molar-refractivity contribution in [1.29, 1.82) is 0 Å². The molecule has 2 aromatic heterocycles. The average Bonchev–Trinajstić information content (AvgIpc) is 3.03. The van der Waals surface area contributed by atoms with Gasteiger partial charge in [-0.25, -0.2) is 9.78 Å². The number of halogens is 1. The molecule has 6 nitrogen and oxygen atoms in total. The number of anilines is 1. The van der Waals surface area contributed by atoms with Crippen LogP contribution in [0.2, 0.25) is 0 Å². The van der Waals surface area contributed by atoms with Crippen LogP contribution in [0.1, 0.15) is 28.7 Å². The lowest BCUT2D eigenvalue weighted by Gasteiger charge is -2.14. The van der Waals surface area contributed by atoms with Gasteiger partial charge in [-0.3, -0.25) is 4.79 Å². The third-order valence-electron chi connectivity index (χ3n) is 3.94. The van der Waals surface area contributed by atoms with Gasteiger partial charge < -0.3 is 14.5 Å². The number of nitrogens with zero attached hydrogens (tertiary/aromatic N) is 2. The Kier molecular flexibility index (Phi) is 5.08. The van der Waals surface area contributed by atoms with Gasteiger partial charge in [0.2, 0.25) is 0 Å². The summed E-state index contributed by atoms with van der Waals surface area (Å²) in [7, 11) is 0. The zero-order valence-electron chi connectivity index (χ0n) is 14.6. The lowest BCUT2D eigenvalue weighted by molar-refractivity contribution is -0.123. The predicted octanol–water partition coefficient (Wildman–Crippen LogP) is 3.90. The SMILES string of the molecule is Cc1ccc(NC(=O)[C@H](C)OC(=O)c2cn3c(C)cccc3n2)c(Br)c1. The van der Waals surface area contributed by atoms with E-state index in [-0.39, 0.29) is 5.69 Å². The highest BCUT2D eigenvalue weighted by molar-refractivity contribution is 9.10. The zero-order chi connectivity index (χ0) is 18.8. The van der Waals surface area contributed by atoms with Crippen LogP contribution in [0.4, 0.5) is 5.69 Å². The first-order valence-electron chi connectivity index (χ1n) is 8.08. The molecule has 1 atom stereocenters. The molecule has 2 heterocycles. The summed E-state index contributed by atoms with van der Waals surface area (Å²) in [6, 6.07) is 11.1. The maximum absolute atomic E-state index is 12.3. The number of esters is 1. The number of aryl methyl sites for hydroxylation is 2. The first kappa shape index (κ1) is 18.1. The summed E-state index contributed by atoms with van der Waals surface area (Å²) < 4.78 is 7.82. The Morgan fingerprint density at radius 2 is 2.00 bits per heavy atom. The van der Waals surface area contributed by atoms with Crippen LogP contribution < -0.4 is 5.32 Å². The second-order valence-corrected chi connectivity index (χ2v) is 6.90. The molecule has 0 saturated carbocycles. The zero-order valence-corrected chi connectivity index (χ0v) is 16.2. The lowest BCUT2D eigenvalue weighted by Crippen LogP contribution is -2.30. The fourth-order valence-electron chi connectivity index (χ4n) is 2.48. The van der Waals surface area contributed by atoms with Gasteiger partial charge in [-0.2, -0.15) is 0 Å². The number of hydrogen-bond donors (Lipinski definition) is 1. The second-order valence-electron chi connectivity index (χ2n) is 6.04. The largest absolute Gasteiger partial charge is 0.448 e. The summed E-state index contributed by atoms with van der Waals surface area (Å²) in [6.07, 6.45) is 0.649. The molecule has 0 unspecified atom stereocenters. The highest BCUT2D eigenvalue weighted by Gasteiger charge is 2.21. The van der Waals surface area contributed by atoms with E-state index >= 15 is 0 Å². The van der Waals surface area contributed by atoms with Crippen LogP contribution in [-0.2, 0) is 9.53 Å². The topological polar surface area (TPSA) is 72.7 Å². The van der Waals surface area contributed by atoms with Crippen molar-refractivity contribution < 1.29 is 14.3 Å². The number of carbonyl (C=O) groups excluding carboxylic acids is 2. The van der Waals surface area contributed by atoms with Gasteiger partial charge in [-0.1, -0.05) is 12.1 Å². The molecule has 3 rings (SSSR count). The standard InChI is InChI=1S/C19H18BrN3O3/c1-11-7-8-15(14(20)9-11)22-18(24)13(3)26-19(25)16-10-23-12(2)5-4-6-17(23)21-16/h4-10,13H,1-3H3,(H,22,24)/t13-/m0/s1. The first-order chi connectivity index (χ1) is 12.3. The summed E-state index contributed by atoms with van der Waals surface area (Å²) in [4.78, 5) is 28.9. The third-order valence-corrected chi connectivity index (χ3v) is 4.60. The highest BCUT2D eigenvalue weighted by Crippen LogP contribution is 2.23. The Bertz CT molecular complexity index is 997. The van der Waals surface area contributed by atoms with Crippen molar-refractivity contribution in [3.63, 3.8) is 0 Å². The van der Waals surface area contributed by atoms with E-state index in [2.05, 4.69) is 26.2 Å². The van der Waals surface area contributed by atoms with E-state index in [1.165, 1.54) is 6.92 Å². The molecule has 0 fully saturated rings. The number of pyridine rings is 1. The molecular formula is C19H18BrN3O3. The Morgan fingerprint density at radius 3 is 2.69 bits per heavy atom. The number of fused-ring (bicyclic) bond motifs is 1. The number of imidazole rings is 1. The first-order valence-corrected chi connectivity index (χ1v) is 8.87. The molecule has 1 N–H and O–H groups in total. The van der Waals surface area contributed by atoms with Gasteiger partial charge in [0.15, 0.2) is 11.8 Å². The number of ether oxygens (including phenoxy) is 1. The molecule has 1 amide bonds. The lowest BCUT2D eigenvalue weighted by atomic mass is 10.2. The molecule has 1 aromatic carbocycles. The van der Waals surface area contributed by atoms with E-state index in [1.54, 1.807) is 22.7 Å². The number of nitrogens with one attached hydrogen (secondary N) is 1. The summed E-state index contributed by atoms with van der Waals surface area (Å²) in [5, 5.41) is 2.74. The van der Waals surface area contributed by atoms with Gasteiger partial charge in [-0.15, -0.1) is 0 Å². The molecule has 0 aliphatic carbocycles. The van der Waals surface area contributed by atoms with Crippen molar-refractivity contribution in [2.45, 2.75) is 26.9 Å². The number of aromatic nitrogens is 2. The quantitative estimate of drug-likeness (QED) is 0.655. The number of amides is 1. The number of carbonyl (C=O) groups is 2. The summed E-state index contributed by atoms with van der Waals surface area (Å²) >= 11 is 3.40. The maximum Gasteiger partial charge on any atom is 0.359 e. The number of hydrogen-bond acceptors (Lipinski definition) is 4. The van der Waals surface area contributed by atoms with E-state index in [0.717, 1.165) is 15.7 Å². The summed E-state index contributed by atoms with van der Waals surface area (Å²) in [5.41, 5.74) is 3.44. The van der Waals surface area contributed by atoms with Crippen molar-refractivity contribution in [2.24, 2.45) is 0 Å². The molecule has 0 radical (unpaired) electrons. The fourth-order valence-corrected chi connectivity index (χ4v) is 3.07. The molecule has 134 valence electrons. The molecule has 0 spiro atoms. The van der Waals surface area contributed by atoms with Gasteiger partial charge in [0, 0.05) is 16.4 Å². The molecule has 0 aliphatic heterocycles. The Morgan fingerprint density at radius 1 is 1.23 bits per heavy atom. The van der Waals surface area contributed by atoms with E-state index in [0.29, 0.717) is 11.3 Å². The van der Waals surface area contributed by atoms with Crippen molar-refractivity contribution in [3.8, 4) is 0 Å². The fraction of sp³-hybridized carbons (Fsp3) is 0.211. The number of rotatable bonds is 4. The monoisotopic (exact) mass is 415 g/mol. The second kappa shape index (κ2) is 7.29. The smallest absolute Gasteiger partial charge is 0.359 e. The molecule has 7 heteroatoms. The van der Waals surface area contributed by atoms with Crippen molar-refractivity contribution in [3.05, 3.63) is 64.0 Å². The molecular weight excluding hydrogens is 398 g/mol. The van der Waals surface area contributed by atoms with Crippen LogP contribution >= 0.6 is 15.9 Å². The van der Waals surface area contributed by atoms with Gasteiger partial charge >= 0.3 is 5.97 Å². The van der Waals surface area contributed by atoms with E-state index < -0.39 is 18.0 Å². The van der Waals surface area contributed by atoms with Gasteiger partial charge in [-0.05, 0) is 66.5 Å². The minimum absolute atomic E-state index is 0.162. The molecule has 0 aliphatic rings. The summed E-state index contributed by atoms with van der Waals surface area (Å²) in [5.74, 6) is -1.05. The predicted molar refractivity (Wildman–Crippen MR) is 102 cm³/mol. The minimum atomic E-state index is -0.957. The van der Waals surface area contributed by atoms with E-state index in [4.69, 9.17) is 4.74 Å². The van der Waals surface area contributed by atoms with E-state index in [9.17, 15) is 9.59 Å². The van der Waals surface area contributed by atoms with Gasteiger partial charge in [0.05, 0.1) is 5.69 Å². The van der Waals surface area contributed by atoms with Crippen LogP contribution in [0.15, 0.2) is 47.1 Å². The van der Waals surface area contributed by atoms with Crippen LogP contribution in [0.25, 0.3) is 5.65 Å². The van der Waals surface area contributed by atoms with E-state index in [1.807, 2.05) is 38.1 Å². The average molecular weight is 416 g/mol. The van der Waals surface area contributed by atoms with Crippen LogP contribution in [0, 0.1) is 13.8 Å².